The number of nitrogens with zero attached hydrogens (tertiary/aromatic N) is 1. The minimum absolute atomic E-state index is 0.226. The monoisotopic (exact) mass is 310 g/mol. The first-order chi connectivity index (χ1) is 8.69. The molecule has 1 aliphatic rings. The van der Waals surface area contributed by atoms with Gasteiger partial charge in [-0.2, -0.15) is 0 Å². The van der Waals surface area contributed by atoms with Gasteiger partial charge in [-0.15, -0.1) is 6.42 Å². The van der Waals surface area contributed by atoms with Gasteiger partial charge in [0.25, 0.3) is 0 Å². The topological polar surface area (TPSA) is 15.3 Å². The number of hydrogen-bond donors (Lipinski definition) is 1. The zero-order valence-electron chi connectivity index (χ0n) is 10.1. The van der Waals surface area contributed by atoms with Gasteiger partial charge in [-0.05, 0) is 47.0 Å². The van der Waals surface area contributed by atoms with Gasteiger partial charge in [-0.25, -0.2) is 4.39 Å². The molecule has 0 radical (unpaired) electrons. The fourth-order valence-corrected chi connectivity index (χ4v) is 2.66. The first kappa shape index (κ1) is 13.4. The highest BCUT2D eigenvalue weighted by atomic mass is 79.9. The molecule has 0 atom stereocenters. The molecule has 18 heavy (non-hydrogen) atoms. The third-order valence-electron chi connectivity index (χ3n) is 3.19. The van der Waals surface area contributed by atoms with Crippen molar-refractivity contribution in [3.05, 3.63) is 28.5 Å². The second-order valence-electron chi connectivity index (χ2n) is 4.52. The maximum Gasteiger partial charge on any atom is 0.124 e. The molecule has 0 unspecified atom stereocenters. The number of rotatable bonds is 3. The molecule has 1 fully saturated rings. The summed E-state index contributed by atoms with van der Waals surface area (Å²) in [5.41, 5.74) is 0.951. The van der Waals surface area contributed by atoms with Crippen molar-refractivity contribution in [3.63, 3.8) is 0 Å². The van der Waals surface area contributed by atoms with Crippen LogP contribution in [0, 0.1) is 18.2 Å². The summed E-state index contributed by atoms with van der Waals surface area (Å²) in [5.74, 6) is 2.45. The molecule has 0 bridgehead atoms. The van der Waals surface area contributed by atoms with Gasteiger partial charge in [0.2, 0.25) is 0 Å². The molecule has 0 spiro atoms. The summed E-state index contributed by atoms with van der Waals surface area (Å²) in [6.07, 6.45) is 7.42. The first-order valence-corrected chi connectivity index (χ1v) is 6.86. The van der Waals surface area contributed by atoms with E-state index in [-0.39, 0.29) is 5.82 Å². The van der Waals surface area contributed by atoms with E-state index in [0.29, 0.717) is 6.04 Å². The fourth-order valence-electron chi connectivity index (χ4n) is 2.19. The summed E-state index contributed by atoms with van der Waals surface area (Å²) in [4.78, 5) is 2.28. The van der Waals surface area contributed by atoms with Crippen LogP contribution in [0.1, 0.15) is 12.8 Å². The quantitative estimate of drug-likeness (QED) is 0.863. The molecule has 2 nitrogen and oxygen atoms in total. The molecule has 0 amide bonds. The highest BCUT2D eigenvalue weighted by Crippen LogP contribution is 2.25. The van der Waals surface area contributed by atoms with Crippen molar-refractivity contribution in [2.75, 3.05) is 25.0 Å². The van der Waals surface area contributed by atoms with E-state index in [2.05, 4.69) is 32.1 Å². The maximum atomic E-state index is 13.0. The zero-order valence-corrected chi connectivity index (χ0v) is 11.7. The Morgan fingerprint density at radius 1 is 1.44 bits per heavy atom. The number of terminal acetylenes is 1. The second-order valence-corrected chi connectivity index (χ2v) is 5.38. The molecule has 96 valence electrons. The number of nitrogens with one attached hydrogen (secondary N) is 1. The minimum Gasteiger partial charge on any atom is -0.381 e. The standard InChI is InChI=1S/C14H16BrFN2/c1-2-7-18-8-5-12(6-9-18)17-14-4-3-11(16)10-13(14)15/h1,3-4,10,12,17H,5-9H2. The minimum atomic E-state index is -0.226. The number of anilines is 1. The summed E-state index contributed by atoms with van der Waals surface area (Å²) >= 11 is 3.37. The van der Waals surface area contributed by atoms with Crippen molar-refractivity contribution in [2.24, 2.45) is 0 Å². The Morgan fingerprint density at radius 2 is 2.17 bits per heavy atom. The average molecular weight is 311 g/mol. The lowest BCUT2D eigenvalue weighted by atomic mass is 10.0. The van der Waals surface area contributed by atoms with Gasteiger partial charge in [0.15, 0.2) is 0 Å². The lowest BCUT2D eigenvalue weighted by molar-refractivity contribution is 0.243. The lowest BCUT2D eigenvalue weighted by Gasteiger charge is -2.31. The van der Waals surface area contributed by atoms with E-state index >= 15 is 0 Å². The number of hydrogen-bond acceptors (Lipinski definition) is 2. The summed E-state index contributed by atoms with van der Waals surface area (Å²) in [6, 6.07) is 5.16. The first-order valence-electron chi connectivity index (χ1n) is 6.06. The van der Waals surface area contributed by atoms with E-state index in [4.69, 9.17) is 6.42 Å². The van der Waals surface area contributed by atoms with Gasteiger partial charge >= 0.3 is 0 Å². The fraction of sp³-hybridized carbons (Fsp3) is 0.429. The number of halogens is 2. The summed E-state index contributed by atoms with van der Waals surface area (Å²) in [7, 11) is 0. The van der Waals surface area contributed by atoms with Crippen LogP contribution in [0.15, 0.2) is 22.7 Å². The van der Waals surface area contributed by atoms with Crippen LogP contribution in [0.4, 0.5) is 10.1 Å². The van der Waals surface area contributed by atoms with E-state index in [9.17, 15) is 4.39 Å². The van der Waals surface area contributed by atoms with Crippen molar-refractivity contribution in [1.29, 1.82) is 0 Å². The Labute approximate surface area is 116 Å². The smallest absolute Gasteiger partial charge is 0.124 e. The predicted molar refractivity (Wildman–Crippen MR) is 76.0 cm³/mol. The van der Waals surface area contributed by atoms with Crippen LogP contribution >= 0.6 is 15.9 Å². The molecule has 1 saturated heterocycles. The van der Waals surface area contributed by atoms with Crippen LogP contribution in [0.2, 0.25) is 0 Å². The Balaban J connectivity index is 1.90. The van der Waals surface area contributed by atoms with Gasteiger partial charge in [0.05, 0.1) is 6.54 Å². The summed E-state index contributed by atoms with van der Waals surface area (Å²) in [5, 5.41) is 3.45. The largest absolute Gasteiger partial charge is 0.381 e. The molecular formula is C14H16BrFN2. The Hall–Kier alpha value is -1.05. The lowest BCUT2D eigenvalue weighted by Crippen LogP contribution is -2.39. The number of benzene rings is 1. The molecule has 1 aromatic rings. The van der Waals surface area contributed by atoms with Crippen LogP contribution in [-0.2, 0) is 0 Å². The zero-order chi connectivity index (χ0) is 13.0. The van der Waals surface area contributed by atoms with Crippen molar-refractivity contribution in [1.82, 2.24) is 4.90 Å². The van der Waals surface area contributed by atoms with Crippen molar-refractivity contribution < 1.29 is 4.39 Å². The van der Waals surface area contributed by atoms with E-state index in [1.165, 1.54) is 12.1 Å². The van der Waals surface area contributed by atoms with Gasteiger partial charge < -0.3 is 5.32 Å². The molecule has 1 heterocycles. The van der Waals surface area contributed by atoms with Gasteiger partial charge in [-0.1, -0.05) is 5.92 Å². The van der Waals surface area contributed by atoms with Gasteiger partial charge in [0.1, 0.15) is 5.82 Å². The molecule has 1 aromatic carbocycles. The SMILES string of the molecule is C#CCN1CCC(Nc2ccc(F)cc2Br)CC1. The molecule has 0 saturated carbocycles. The molecule has 2 rings (SSSR count). The second kappa shape index (κ2) is 6.21. The molecule has 0 aliphatic carbocycles. The Bertz CT molecular complexity index is 448. The third kappa shape index (κ3) is 3.47. The summed E-state index contributed by atoms with van der Waals surface area (Å²) < 4.78 is 13.8. The Kier molecular flexibility index (Phi) is 4.62. The van der Waals surface area contributed by atoms with Crippen LogP contribution < -0.4 is 5.32 Å². The normalized spacial score (nSPS) is 17.4. The van der Waals surface area contributed by atoms with Crippen molar-refractivity contribution in [2.45, 2.75) is 18.9 Å². The van der Waals surface area contributed by atoms with Crippen molar-refractivity contribution in [3.8, 4) is 12.3 Å². The highest BCUT2D eigenvalue weighted by Gasteiger charge is 2.18. The molecule has 0 aromatic heterocycles. The number of piperidine rings is 1. The molecule has 1 N–H and O–H groups in total. The van der Waals surface area contributed by atoms with Crippen molar-refractivity contribution >= 4 is 21.6 Å². The van der Waals surface area contributed by atoms with Crippen LogP contribution in [-0.4, -0.2) is 30.6 Å². The highest BCUT2D eigenvalue weighted by molar-refractivity contribution is 9.10. The van der Waals surface area contributed by atoms with E-state index in [1.54, 1.807) is 6.07 Å². The molecular weight excluding hydrogens is 295 g/mol. The number of likely N-dealkylation sites (tertiary alicyclic amines) is 1. The molecule has 4 heteroatoms. The summed E-state index contributed by atoms with van der Waals surface area (Å²) in [6.45, 7) is 2.76. The van der Waals surface area contributed by atoms with Crippen LogP contribution in [0.5, 0.6) is 0 Å². The Morgan fingerprint density at radius 3 is 2.78 bits per heavy atom. The van der Waals surface area contributed by atoms with E-state index < -0.39 is 0 Å². The third-order valence-corrected chi connectivity index (χ3v) is 3.85. The van der Waals surface area contributed by atoms with Crippen LogP contribution in [0.25, 0.3) is 0 Å². The van der Waals surface area contributed by atoms with Crippen LogP contribution in [0.3, 0.4) is 0 Å². The van der Waals surface area contributed by atoms with E-state index in [1.807, 2.05) is 0 Å². The van der Waals surface area contributed by atoms with E-state index in [0.717, 1.165) is 42.6 Å². The predicted octanol–water partition coefficient (Wildman–Crippen LogP) is 3.10. The van der Waals surface area contributed by atoms with Gasteiger partial charge in [0, 0.05) is 29.3 Å². The maximum absolute atomic E-state index is 13.0. The van der Waals surface area contributed by atoms with Gasteiger partial charge in [-0.3, -0.25) is 4.90 Å². The average Bonchev–Trinajstić information content (AvgIpc) is 2.35. The molecule has 1 aliphatic heterocycles.